The van der Waals surface area contributed by atoms with E-state index in [1.807, 2.05) is 43.3 Å². The van der Waals surface area contributed by atoms with Crippen molar-refractivity contribution in [3.05, 3.63) is 54.0 Å². The zero-order chi connectivity index (χ0) is 15.0. The SMILES string of the molecule is Cc1cc(SC2(c3ccccc3)OCCO2)n2ncnc2n1. The second-order valence-corrected chi connectivity index (χ2v) is 6.09. The number of aryl methyl sites for hydroxylation is 1. The Bertz CT molecular complexity index is 800. The van der Waals surface area contributed by atoms with E-state index < -0.39 is 5.12 Å². The number of fused-ring (bicyclic) bond motifs is 1. The topological polar surface area (TPSA) is 61.5 Å². The van der Waals surface area contributed by atoms with Crippen molar-refractivity contribution in [3.8, 4) is 0 Å². The lowest BCUT2D eigenvalue weighted by atomic mass is 10.2. The van der Waals surface area contributed by atoms with E-state index in [0.29, 0.717) is 19.0 Å². The van der Waals surface area contributed by atoms with Gasteiger partial charge in [-0.25, -0.2) is 4.98 Å². The van der Waals surface area contributed by atoms with Gasteiger partial charge in [-0.1, -0.05) is 30.3 Å². The molecule has 1 saturated heterocycles. The molecule has 0 atom stereocenters. The molecule has 0 radical (unpaired) electrons. The first kappa shape index (κ1) is 13.7. The third kappa shape index (κ3) is 2.27. The molecule has 112 valence electrons. The zero-order valence-electron chi connectivity index (χ0n) is 12.0. The fourth-order valence-corrected chi connectivity index (χ4v) is 3.69. The van der Waals surface area contributed by atoms with Gasteiger partial charge in [-0.3, -0.25) is 0 Å². The number of thioether (sulfide) groups is 1. The van der Waals surface area contributed by atoms with E-state index >= 15 is 0 Å². The van der Waals surface area contributed by atoms with Crippen LogP contribution in [0.5, 0.6) is 0 Å². The van der Waals surface area contributed by atoms with Gasteiger partial charge in [0.25, 0.3) is 10.9 Å². The number of rotatable bonds is 3. The summed E-state index contributed by atoms with van der Waals surface area (Å²) in [4.78, 5) is 8.52. The minimum Gasteiger partial charge on any atom is -0.335 e. The molecule has 0 unspecified atom stereocenters. The minimum atomic E-state index is -0.853. The van der Waals surface area contributed by atoms with Crippen LogP contribution in [0, 0.1) is 6.92 Å². The third-order valence-electron chi connectivity index (χ3n) is 3.38. The van der Waals surface area contributed by atoms with Crippen molar-refractivity contribution in [2.24, 2.45) is 0 Å². The van der Waals surface area contributed by atoms with E-state index in [4.69, 9.17) is 9.47 Å². The van der Waals surface area contributed by atoms with Gasteiger partial charge in [0, 0.05) is 11.3 Å². The summed E-state index contributed by atoms with van der Waals surface area (Å²) >= 11 is 1.48. The molecular weight excluding hydrogens is 300 g/mol. The van der Waals surface area contributed by atoms with Crippen molar-refractivity contribution in [1.82, 2.24) is 19.6 Å². The monoisotopic (exact) mass is 314 g/mol. The molecule has 3 heterocycles. The van der Waals surface area contributed by atoms with Crippen molar-refractivity contribution in [2.75, 3.05) is 13.2 Å². The van der Waals surface area contributed by atoms with E-state index in [1.165, 1.54) is 18.1 Å². The maximum atomic E-state index is 5.95. The van der Waals surface area contributed by atoms with Crippen LogP contribution in [0.15, 0.2) is 47.8 Å². The van der Waals surface area contributed by atoms with Gasteiger partial charge in [0.1, 0.15) is 11.4 Å². The Balaban J connectivity index is 1.80. The summed E-state index contributed by atoms with van der Waals surface area (Å²) in [6.07, 6.45) is 1.50. The molecule has 3 aromatic rings. The molecule has 1 fully saturated rings. The lowest BCUT2D eigenvalue weighted by molar-refractivity contribution is -0.0817. The van der Waals surface area contributed by atoms with Crippen molar-refractivity contribution >= 4 is 17.5 Å². The summed E-state index contributed by atoms with van der Waals surface area (Å²) in [7, 11) is 0. The van der Waals surface area contributed by atoms with Crippen molar-refractivity contribution in [1.29, 1.82) is 0 Å². The molecule has 7 heteroatoms. The standard InChI is InChI=1S/C15H14N4O2S/c1-11-9-13(19-14(18-11)16-10-17-19)22-15(20-7-8-21-15)12-5-3-2-4-6-12/h2-6,9-10H,7-8H2,1H3. The van der Waals surface area contributed by atoms with Crippen LogP contribution in [0.25, 0.3) is 5.78 Å². The number of hydrogen-bond donors (Lipinski definition) is 0. The fourth-order valence-electron chi connectivity index (χ4n) is 2.43. The summed E-state index contributed by atoms with van der Waals surface area (Å²) in [5.74, 6) is 0.573. The summed E-state index contributed by atoms with van der Waals surface area (Å²) < 4.78 is 13.6. The first-order valence-corrected chi connectivity index (χ1v) is 7.78. The van der Waals surface area contributed by atoms with Crippen LogP contribution >= 0.6 is 11.8 Å². The number of ether oxygens (including phenoxy) is 2. The molecule has 22 heavy (non-hydrogen) atoms. The molecule has 6 nitrogen and oxygen atoms in total. The molecule has 0 bridgehead atoms. The molecule has 2 aromatic heterocycles. The van der Waals surface area contributed by atoms with Crippen LogP contribution in [0.2, 0.25) is 0 Å². The van der Waals surface area contributed by atoms with E-state index in [1.54, 1.807) is 4.52 Å². The molecule has 1 aliphatic heterocycles. The maximum absolute atomic E-state index is 5.95. The van der Waals surface area contributed by atoms with E-state index in [9.17, 15) is 0 Å². The summed E-state index contributed by atoms with van der Waals surface area (Å²) in [6, 6.07) is 11.9. The molecule has 0 saturated carbocycles. The molecule has 0 aliphatic carbocycles. The highest BCUT2D eigenvalue weighted by Gasteiger charge is 2.41. The van der Waals surface area contributed by atoms with Gasteiger partial charge >= 0.3 is 0 Å². The zero-order valence-corrected chi connectivity index (χ0v) is 12.8. The highest BCUT2D eigenvalue weighted by atomic mass is 32.2. The van der Waals surface area contributed by atoms with Crippen LogP contribution < -0.4 is 0 Å². The average molecular weight is 314 g/mol. The smallest absolute Gasteiger partial charge is 0.253 e. The number of benzene rings is 1. The van der Waals surface area contributed by atoms with Gasteiger partial charge in [-0.2, -0.15) is 14.6 Å². The minimum absolute atomic E-state index is 0.562. The highest BCUT2D eigenvalue weighted by molar-refractivity contribution is 7.99. The average Bonchev–Trinajstić information content (AvgIpc) is 3.18. The Labute approximate surface area is 131 Å². The summed E-state index contributed by atoms with van der Waals surface area (Å²) in [6.45, 7) is 3.06. The van der Waals surface area contributed by atoms with Gasteiger partial charge in [0.15, 0.2) is 0 Å². The van der Waals surface area contributed by atoms with E-state index in [2.05, 4.69) is 15.1 Å². The van der Waals surface area contributed by atoms with Crippen LogP contribution in [-0.2, 0) is 14.6 Å². The Hall–Kier alpha value is -1.96. The Kier molecular flexibility index (Phi) is 3.33. The van der Waals surface area contributed by atoms with Gasteiger partial charge < -0.3 is 9.47 Å². The second-order valence-electron chi connectivity index (χ2n) is 4.93. The Morgan fingerprint density at radius 1 is 1.18 bits per heavy atom. The lowest BCUT2D eigenvalue weighted by Gasteiger charge is -2.26. The molecular formula is C15H14N4O2S. The van der Waals surface area contributed by atoms with Crippen LogP contribution in [0.3, 0.4) is 0 Å². The first-order valence-electron chi connectivity index (χ1n) is 6.97. The van der Waals surface area contributed by atoms with Gasteiger partial charge in [0.05, 0.1) is 13.2 Å². The number of aromatic nitrogens is 4. The maximum Gasteiger partial charge on any atom is 0.253 e. The van der Waals surface area contributed by atoms with Gasteiger partial charge in [-0.05, 0) is 24.8 Å². The van der Waals surface area contributed by atoms with Crippen LogP contribution in [-0.4, -0.2) is 32.8 Å². The largest absolute Gasteiger partial charge is 0.335 e. The third-order valence-corrected chi connectivity index (χ3v) is 4.62. The van der Waals surface area contributed by atoms with Crippen LogP contribution in [0.4, 0.5) is 0 Å². The predicted molar refractivity (Wildman–Crippen MR) is 81.4 cm³/mol. The quantitative estimate of drug-likeness (QED) is 0.692. The lowest BCUT2D eigenvalue weighted by Crippen LogP contribution is -2.23. The Morgan fingerprint density at radius 2 is 1.95 bits per heavy atom. The first-order chi connectivity index (χ1) is 10.8. The summed E-state index contributed by atoms with van der Waals surface area (Å²) in [5, 5.41) is 4.26. The second kappa shape index (κ2) is 5.35. The molecule has 0 N–H and O–H groups in total. The molecule has 4 rings (SSSR count). The molecule has 1 aliphatic rings. The van der Waals surface area contributed by atoms with Crippen LogP contribution in [0.1, 0.15) is 11.3 Å². The molecule has 0 spiro atoms. The predicted octanol–water partition coefficient (Wildman–Crippen LogP) is 2.38. The van der Waals surface area contributed by atoms with Crippen molar-refractivity contribution in [3.63, 3.8) is 0 Å². The van der Waals surface area contributed by atoms with E-state index in [-0.39, 0.29) is 0 Å². The van der Waals surface area contributed by atoms with Gasteiger partial charge in [-0.15, -0.1) is 0 Å². The normalized spacial score (nSPS) is 17.1. The van der Waals surface area contributed by atoms with Crippen molar-refractivity contribution in [2.45, 2.75) is 17.1 Å². The summed E-state index contributed by atoms with van der Waals surface area (Å²) in [5.41, 5.74) is 1.85. The number of hydrogen-bond acceptors (Lipinski definition) is 6. The van der Waals surface area contributed by atoms with E-state index in [0.717, 1.165) is 16.3 Å². The van der Waals surface area contributed by atoms with Gasteiger partial charge in [0.2, 0.25) is 0 Å². The highest BCUT2D eigenvalue weighted by Crippen LogP contribution is 2.45. The fraction of sp³-hybridized carbons (Fsp3) is 0.267. The van der Waals surface area contributed by atoms with Crippen molar-refractivity contribution < 1.29 is 9.47 Å². The molecule has 1 aromatic carbocycles. The molecule has 0 amide bonds. The number of nitrogens with zero attached hydrogens (tertiary/aromatic N) is 4. The Morgan fingerprint density at radius 3 is 2.73 bits per heavy atom.